The number of piperidine rings is 1. The van der Waals surface area contributed by atoms with Crippen molar-refractivity contribution in [1.29, 1.82) is 0 Å². The van der Waals surface area contributed by atoms with E-state index in [9.17, 15) is 4.79 Å². The smallest absolute Gasteiger partial charge is 0.252 e. The first kappa shape index (κ1) is 22.9. The summed E-state index contributed by atoms with van der Waals surface area (Å²) in [4.78, 5) is 23.3. The number of fused-ring (bicyclic) bond motifs is 1. The van der Waals surface area contributed by atoms with Crippen molar-refractivity contribution in [2.24, 2.45) is 5.92 Å². The van der Waals surface area contributed by atoms with Gasteiger partial charge in [-0.2, -0.15) is 5.10 Å². The molecule has 4 heterocycles. The minimum absolute atomic E-state index is 0.0340. The molecule has 32 heavy (non-hydrogen) atoms. The van der Waals surface area contributed by atoms with E-state index in [4.69, 9.17) is 4.98 Å². The molecule has 0 saturated carbocycles. The van der Waals surface area contributed by atoms with Crippen LogP contribution in [0.1, 0.15) is 66.7 Å². The molecule has 1 N–H and O–H groups in total. The van der Waals surface area contributed by atoms with E-state index in [1.165, 1.54) is 22.6 Å². The number of nitrogens with zero attached hydrogens (tertiary/aromatic N) is 4. The Hall–Kier alpha value is -2.25. The molecule has 0 radical (unpaired) electrons. The van der Waals surface area contributed by atoms with Gasteiger partial charge >= 0.3 is 0 Å². The van der Waals surface area contributed by atoms with Crippen molar-refractivity contribution >= 4 is 28.3 Å². The molecule has 6 nitrogen and oxygen atoms in total. The van der Waals surface area contributed by atoms with Crippen LogP contribution in [-0.4, -0.2) is 51.2 Å². The van der Waals surface area contributed by atoms with Crippen LogP contribution in [0.15, 0.2) is 18.3 Å². The fourth-order valence-electron chi connectivity index (χ4n) is 4.67. The number of carbonyl (C=O) groups is 1. The number of nitrogens with one attached hydrogen (secondary N) is 1. The zero-order valence-electron chi connectivity index (χ0n) is 20.1. The van der Waals surface area contributed by atoms with Gasteiger partial charge in [-0.15, -0.1) is 11.3 Å². The largest absolute Gasteiger partial charge is 0.352 e. The molecule has 0 bridgehead atoms. The van der Waals surface area contributed by atoms with Crippen molar-refractivity contribution in [3.8, 4) is 11.3 Å². The molecule has 1 aliphatic heterocycles. The van der Waals surface area contributed by atoms with E-state index >= 15 is 0 Å². The second-order valence-electron chi connectivity index (χ2n) is 9.61. The molecule has 3 aromatic heterocycles. The summed E-state index contributed by atoms with van der Waals surface area (Å²) in [6.07, 6.45) is 4.15. The topological polar surface area (TPSA) is 63.1 Å². The zero-order chi connectivity index (χ0) is 23.0. The number of aromatic nitrogens is 3. The highest BCUT2D eigenvalue weighted by Crippen LogP contribution is 2.32. The molecule has 4 rings (SSSR count). The number of thiophene rings is 1. The van der Waals surface area contributed by atoms with Gasteiger partial charge in [-0.25, -0.2) is 9.67 Å². The lowest BCUT2D eigenvalue weighted by atomic mass is 9.96. The summed E-state index contributed by atoms with van der Waals surface area (Å²) in [6.45, 7) is 15.8. The van der Waals surface area contributed by atoms with Crippen LogP contribution < -0.4 is 5.32 Å². The molecule has 1 atom stereocenters. The molecule has 0 aromatic carbocycles. The van der Waals surface area contributed by atoms with Gasteiger partial charge in [0.05, 0.1) is 22.8 Å². The molecule has 7 heteroatoms. The highest BCUT2D eigenvalue weighted by Gasteiger charge is 2.24. The van der Waals surface area contributed by atoms with E-state index in [-0.39, 0.29) is 11.9 Å². The molecule has 1 fully saturated rings. The van der Waals surface area contributed by atoms with Crippen molar-refractivity contribution in [2.75, 3.05) is 19.6 Å². The number of hydrogen-bond acceptors (Lipinski definition) is 5. The summed E-state index contributed by atoms with van der Waals surface area (Å²) in [7, 11) is 0. The van der Waals surface area contributed by atoms with Gasteiger partial charge in [0.1, 0.15) is 0 Å². The highest BCUT2D eigenvalue weighted by atomic mass is 32.1. The molecule has 1 saturated heterocycles. The van der Waals surface area contributed by atoms with Crippen LogP contribution in [0.5, 0.6) is 0 Å². The van der Waals surface area contributed by atoms with E-state index in [0.29, 0.717) is 24.1 Å². The van der Waals surface area contributed by atoms with Crippen molar-refractivity contribution in [1.82, 2.24) is 25.0 Å². The first-order chi connectivity index (χ1) is 15.2. The summed E-state index contributed by atoms with van der Waals surface area (Å²) < 4.78 is 1.91. The number of amides is 1. The minimum Gasteiger partial charge on any atom is -0.352 e. The fraction of sp³-hybridized carbons (Fsp3) is 0.560. The molecule has 172 valence electrons. The van der Waals surface area contributed by atoms with E-state index in [1.807, 2.05) is 10.7 Å². The summed E-state index contributed by atoms with van der Waals surface area (Å²) in [5, 5.41) is 8.60. The van der Waals surface area contributed by atoms with Crippen LogP contribution in [0.2, 0.25) is 0 Å². The maximum Gasteiger partial charge on any atom is 0.252 e. The first-order valence-electron chi connectivity index (χ1n) is 11.7. The average Bonchev–Trinajstić information content (AvgIpc) is 3.33. The predicted octanol–water partition coefficient (Wildman–Crippen LogP) is 5.21. The standard InChI is InChI=1S/C25H35N5OS/c1-15(2)29-9-7-8-19(14-29)12-26-25(31)21-11-23(20-10-17(5)32-18(20)6)28-24-22(21)13-27-30(24)16(3)4/h10-11,13,15-16,19H,7-9,12,14H2,1-6H3,(H,26,31). The normalized spacial score (nSPS) is 17.6. The van der Waals surface area contributed by atoms with Gasteiger partial charge in [-0.05, 0) is 79.0 Å². The average molecular weight is 454 g/mol. The van der Waals surface area contributed by atoms with Crippen molar-refractivity contribution in [3.05, 3.63) is 33.6 Å². The van der Waals surface area contributed by atoms with Gasteiger partial charge in [0.2, 0.25) is 0 Å². The number of hydrogen-bond donors (Lipinski definition) is 1. The van der Waals surface area contributed by atoms with Crippen LogP contribution in [0, 0.1) is 19.8 Å². The van der Waals surface area contributed by atoms with Crippen LogP contribution >= 0.6 is 11.3 Å². The lowest BCUT2D eigenvalue weighted by Crippen LogP contribution is -2.43. The second kappa shape index (κ2) is 9.32. The Morgan fingerprint density at radius 3 is 2.66 bits per heavy atom. The predicted molar refractivity (Wildman–Crippen MR) is 132 cm³/mol. The van der Waals surface area contributed by atoms with Crippen LogP contribution in [0.4, 0.5) is 0 Å². The molecule has 1 amide bonds. The zero-order valence-corrected chi connectivity index (χ0v) is 20.9. The van der Waals surface area contributed by atoms with Gasteiger partial charge in [-0.1, -0.05) is 0 Å². The third-order valence-corrected chi connectivity index (χ3v) is 7.42. The molecular formula is C25H35N5OS. The Balaban J connectivity index is 1.65. The maximum absolute atomic E-state index is 13.4. The van der Waals surface area contributed by atoms with E-state index < -0.39 is 0 Å². The maximum atomic E-state index is 13.4. The summed E-state index contributed by atoms with van der Waals surface area (Å²) in [5.41, 5.74) is 3.38. The first-order valence-corrected chi connectivity index (χ1v) is 12.5. The van der Waals surface area contributed by atoms with Crippen LogP contribution in [0.25, 0.3) is 22.3 Å². The number of rotatable bonds is 6. The van der Waals surface area contributed by atoms with Crippen molar-refractivity contribution in [3.63, 3.8) is 0 Å². The third-order valence-electron chi connectivity index (χ3n) is 6.45. The highest BCUT2D eigenvalue weighted by molar-refractivity contribution is 7.12. The SMILES string of the molecule is Cc1cc(-c2cc(C(=O)NCC3CCCN(C(C)C)C3)c3cnn(C(C)C)c3n2)c(C)s1. The number of pyridine rings is 1. The molecule has 0 aliphatic carbocycles. The minimum atomic E-state index is -0.0340. The summed E-state index contributed by atoms with van der Waals surface area (Å²) >= 11 is 1.76. The van der Waals surface area contributed by atoms with Gasteiger partial charge in [0.25, 0.3) is 5.91 Å². The van der Waals surface area contributed by atoms with Crippen molar-refractivity contribution < 1.29 is 4.79 Å². The molecule has 3 aromatic rings. The second-order valence-corrected chi connectivity index (χ2v) is 11.1. The Bertz CT molecular complexity index is 1110. The van der Waals surface area contributed by atoms with Crippen LogP contribution in [-0.2, 0) is 0 Å². The lowest BCUT2D eigenvalue weighted by molar-refractivity contribution is 0.0924. The summed E-state index contributed by atoms with van der Waals surface area (Å²) in [5.74, 6) is 0.459. The Labute approximate surface area is 195 Å². The van der Waals surface area contributed by atoms with Gasteiger partial charge < -0.3 is 10.2 Å². The van der Waals surface area contributed by atoms with E-state index in [1.54, 1.807) is 17.5 Å². The van der Waals surface area contributed by atoms with Gasteiger partial charge in [0, 0.05) is 40.5 Å². The summed E-state index contributed by atoms with van der Waals surface area (Å²) in [6, 6.07) is 4.82. The molecular weight excluding hydrogens is 418 g/mol. The van der Waals surface area contributed by atoms with Gasteiger partial charge in [-0.3, -0.25) is 4.79 Å². The lowest BCUT2D eigenvalue weighted by Gasteiger charge is -2.35. The monoisotopic (exact) mass is 453 g/mol. The third kappa shape index (κ3) is 4.59. The van der Waals surface area contributed by atoms with Gasteiger partial charge in [0.15, 0.2) is 5.65 Å². The molecule has 1 unspecified atom stereocenters. The number of aryl methyl sites for hydroxylation is 2. The van der Waals surface area contributed by atoms with E-state index in [0.717, 1.165) is 35.4 Å². The quantitative estimate of drug-likeness (QED) is 0.557. The van der Waals surface area contributed by atoms with E-state index in [2.05, 4.69) is 62.9 Å². The number of carbonyl (C=O) groups excluding carboxylic acids is 1. The Kier molecular flexibility index (Phi) is 6.67. The fourth-order valence-corrected chi connectivity index (χ4v) is 5.61. The molecule has 1 aliphatic rings. The Morgan fingerprint density at radius 1 is 1.22 bits per heavy atom. The Morgan fingerprint density at radius 2 is 2.00 bits per heavy atom. The molecule has 0 spiro atoms. The van der Waals surface area contributed by atoms with Crippen LogP contribution in [0.3, 0.4) is 0 Å². The number of likely N-dealkylation sites (tertiary alicyclic amines) is 1. The van der Waals surface area contributed by atoms with Crippen molar-refractivity contribution in [2.45, 2.75) is 66.5 Å².